The number of piperazine rings is 1. The number of nitrogens with one attached hydrogen (secondary N) is 2. The molecule has 0 spiro atoms. The maximum absolute atomic E-state index is 12.2. The normalized spacial score (nSPS) is 14.6. The largest absolute Gasteiger partial charge is 0.459 e. The SMILES string of the molecule is Cc1cccc(NC(=O)NC(=O)CN2CCN(C(=O)c3ccco3)CC2)c1C. The van der Waals surface area contributed by atoms with Crippen LogP contribution in [0.15, 0.2) is 41.0 Å². The first-order valence-corrected chi connectivity index (χ1v) is 9.16. The molecule has 1 aliphatic rings. The summed E-state index contributed by atoms with van der Waals surface area (Å²) >= 11 is 0. The van der Waals surface area contributed by atoms with E-state index < -0.39 is 6.03 Å². The zero-order valence-corrected chi connectivity index (χ0v) is 16.0. The quantitative estimate of drug-likeness (QED) is 0.841. The van der Waals surface area contributed by atoms with Crippen molar-refractivity contribution in [2.45, 2.75) is 13.8 Å². The first-order valence-electron chi connectivity index (χ1n) is 9.16. The Hall–Kier alpha value is -3.13. The van der Waals surface area contributed by atoms with Crippen molar-refractivity contribution < 1.29 is 18.8 Å². The van der Waals surface area contributed by atoms with Crippen molar-refractivity contribution in [1.82, 2.24) is 15.1 Å². The van der Waals surface area contributed by atoms with Gasteiger partial charge in [0.15, 0.2) is 5.76 Å². The van der Waals surface area contributed by atoms with Crippen LogP contribution in [0.25, 0.3) is 0 Å². The van der Waals surface area contributed by atoms with Crippen LogP contribution in [-0.4, -0.2) is 60.4 Å². The molecule has 0 atom stereocenters. The van der Waals surface area contributed by atoms with E-state index in [4.69, 9.17) is 4.42 Å². The Balaban J connectivity index is 1.43. The minimum Gasteiger partial charge on any atom is -0.459 e. The number of aryl methyl sites for hydroxylation is 1. The second-order valence-corrected chi connectivity index (χ2v) is 6.80. The van der Waals surface area contributed by atoms with Gasteiger partial charge in [-0.2, -0.15) is 0 Å². The summed E-state index contributed by atoms with van der Waals surface area (Å²) in [5.74, 6) is -0.218. The first kappa shape index (κ1) is 19.6. The predicted octanol–water partition coefficient (Wildman–Crippen LogP) is 2.00. The molecule has 4 amide bonds. The lowest BCUT2D eigenvalue weighted by atomic mass is 10.1. The fourth-order valence-electron chi connectivity index (χ4n) is 3.07. The molecule has 1 saturated heterocycles. The maximum atomic E-state index is 12.2. The number of nitrogens with zero attached hydrogens (tertiary/aromatic N) is 2. The third-order valence-electron chi connectivity index (χ3n) is 4.86. The number of amides is 4. The van der Waals surface area contributed by atoms with Crippen LogP contribution in [0.3, 0.4) is 0 Å². The van der Waals surface area contributed by atoms with Crippen LogP contribution in [0.2, 0.25) is 0 Å². The average molecular weight is 384 g/mol. The van der Waals surface area contributed by atoms with Gasteiger partial charge < -0.3 is 14.6 Å². The van der Waals surface area contributed by atoms with Crippen LogP contribution in [0.5, 0.6) is 0 Å². The van der Waals surface area contributed by atoms with Gasteiger partial charge in [-0.3, -0.25) is 19.8 Å². The Morgan fingerprint density at radius 2 is 1.79 bits per heavy atom. The Bertz CT molecular complexity index is 855. The summed E-state index contributed by atoms with van der Waals surface area (Å²) in [6, 6.07) is 8.36. The number of carbonyl (C=O) groups excluding carboxylic acids is 3. The summed E-state index contributed by atoms with van der Waals surface area (Å²) in [6.07, 6.45) is 1.47. The van der Waals surface area contributed by atoms with Gasteiger partial charge in [-0.1, -0.05) is 12.1 Å². The number of furan rings is 1. The summed E-state index contributed by atoms with van der Waals surface area (Å²) in [7, 11) is 0. The molecule has 1 aromatic carbocycles. The average Bonchev–Trinajstić information content (AvgIpc) is 3.20. The molecule has 3 rings (SSSR count). The van der Waals surface area contributed by atoms with Gasteiger partial charge >= 0.3 is 6.03 Å². The number of carbonyl (C=O) groups is 3. The minimum atomic E-state index is -0.551. The highest BCUT2D eigenvalue weighted by atomic mass is 16.3. The van der Waals surface area contributed by atoms with Crippen LogP contribution in [-0.2, 0) is 4.79 Å². The number of benzene rings is 1. The summed E-state index contributed by atoms with van der Waals surface area (Å²) in [5.41, 5.74) is 2.70. The molecule has 0 bridgehead atoms. The van der Waals surface area contributed by atoms with E-state index in [0.717, 1.165) is 11.1 Å². The van der Waals surface area contributed by atoms with Crippen LogP contribution >= 0.6 is 0 Å². The third kappa shape index (κ3) is 4.77. The van der Waals surface area contributed by atoms with Gasteiger partial charge in [0.1, 0.15) is 0 Å². The van der Waals surface area contributed by atoms with Gasteiger partial charge in [0, 0.05) is 31.9 Å². The molecule has 148 valence electrons. The second kappa shape index (κ2) is 8.71. The highest BCUT2D eigenvalue weighted by Gasteiger charge is 2.25. The van der Waals surface area contributed by atoms with Crippen molar-refractivity contribution in [1.29, 1.82) is 0 Å². The van der Waals surface area contributed by atoms with Gasteiger partial charge in [-0.05, 0) is 43.2 Å². The molecular formula is C20H24N4O4. The van der Waals surface area contributed by atoms with Crippen molar-refractivity contribution >= 4 is 23.5 Å². The van der Waals surface area contributed by atoms with E-state index in [1.807, 2.05) is 30.9 Å². The second-order valence-electron chi connectivity index (χ2n) is 6.80. The summed E-state index contributed by atoms with van der Waals surface area (Å²) in [4.78, 5) is 40.1. The minimum absolute atomic E-state index is 0.100. The summed E-state index contributed by atoms with van der Waals surface area (Å²) < 4.78 is 5.13. The number of anilines is 1. The van der Waals surface area contributed by atoms with Crippen LogP contribution < -0.4 is 10.6 Å². The molecular weight excluding hydrogens is 360 g/mol. The van der Waals surface area contributed by atoms with E-state index in [-0.39, 0.29) is 18.4 Å². The molecule has 28 heavy (non-hydrogen) atoms. The zero-order chi connectivity index (χ0) is 20.1. The van der Waals surface area contributed by atoms with E-state index in [0.29, 0.717) is 37.6 Å². The number of urea groups is 1. The van der Waals surface area contributed by atoms with Crippen molar-refractivity contribution in [2.75, 3.05) is 38.0 Å². The lowest BCUT2D eigenvalue weighted by molar-refractivity contribution is -0.121. The Kier molecular flexibility index (Phi) is 6.10. The molecule has 1 fully saturated rings. The van der Waals surface area contributed by atoms with Crippen LogP contribution in [0, 0.1) is 13.8 Å². The number of imide groups is 1. The smallest absolute Gasteiger partial charge is 0.325 e. The molecule has 1 aliphatic heterocycles. The number of hydrogen-bond acceptors (Lipinski definition) is 5. The van der Waals surface area contributed by atoms with Crippen LogP contribution in [0.1, 0.15) is 21.7 Å². The topological polar surface area (TPSA) is 94.9 Å². The van der Waals surface area contributed by atoms with E-state index in [9.17, 15) is 14.4 Å². The lowest BCUT2D eigenvalue weighted by Crippen LogP contribution is -2.51. The molecule has 0 unspecified atom stereocenters. The zero-order valence-electron chi connectivity index (χ0n) is 16.0. The molecule has 0 radical (unpaired) electrons. The maximum Gasteiger partial charge on any atom is 0.325 e. The highest BCUT2D eigenvalue weighted by molar-refractivity contribution is 6.02. The first-order chi connectivity index (χ1) is 13.4. The van der Waals surface area contributed by atoms with Gasteiger partial charge in [-0.15, -0.1) is 0 Å². The van der Waals surface area contributed by atoms with Gasteiger partial charge in [0.05, 0.1) is 12.8 Å². The molecule has 8 heteroatoms. The van der Waals surface area contributed by atoms with E-state index in [1.54, 1.807) is 23.1 Å². The monoisotopic (exact) mass is 384 g/mol. The molecule has 0 aliphatic carbocycles. The predicted molar refractivity (Wildman–Crippen MR) is 104 cm³/mol. The molecule has 2 aromatic rings. The van der Waals surface area contributed by atoms with Crippen molar-refractivity contribution in [3.05, 3.63) is 53.5 Å². The standard InChI is InChI=1S/C20H24N4O4/c1-14-5-3-6-16(15(14)2)21-20(27)22-18(25)13-23-8-10-24(11-9-23)19(26)17-7-4-12-28-17/h3-7,12H,8-11,13H2,1-2H3,(H2,21,22,25,27). The van der Waals surface area contributed by atoms with E-state index >= 15 is 0 Å². The van der Waals surface area contributed by atoms with Gasteiger partial charge in [0.25, 0.3) is 5.91 Å². The van der Waals surface area contributed by atoms with E-state index in [2.05, 4.69) is 10.6 Å². The Labute approximate surface area is 163 Å². The highest BCUT2D eigenvalue weighted by Crippen LogP contribution is 2.17. The molecule has 0 saturated carbocycles. The van der Waals surface area contributed by atoms with Crippen molar-refractivity contribution in [3.63, 3.8) is 0 Å². The van der Waals surface area contributed by atoms with Gasteiger partial charge in [-0.25, -0.2) is 4.79 Å². The van der Waals surface area contributed by atoms with Crippen molar-refractivity contribution in [3.8, 4) is 0 Å². The molecule has 2 N–H and O–H groups in total. The summed E-state index contributed by atoms with van der Waals surface area (Å²) in [6.45, 7) is 6.08. The molecule has 8 nitrogen and oxygen atoms in total. The van der Waals surface area contributed by atoms with E-state index in [1.165, 1.54) is 6.26 Å². The number of rotatable bonds is 4. The molecule has 1 aromatic heterocycles. The summed E-state index contributed by atoms with van der Waals surface area (Å²) in [5, 5.41) is 5.06. The fraction of sp³-hybridized carbons (Fsp3) is 0.350. The lowest BCUT2D eigenvalue weighted by Gasteiger charge is -2.33. The molecule has 2 heterocycles. The fourth-order valence-corrected chi connectivity index (χ4v) is 3.07. The Morgan fingerprint density at radius 1 is 1.04 bits per heavy atom. The van der Waals surface area contributed by atoms with Crippen LogP contribution in [0.4, 0.5) is 10.5 Å². The Morgan fingerprint density at radius 3 is 2.46 bits per heavy atom. The number of hydrogen-bond donors (Lipinski definition) is 2. The van der Waals surface area contributed by atoms with Crippen molar-refractivity contribution in [2.24, 2.45) is 0 Å². The van der Waals surface area contributed by atoms with Gasteiger partial charge in [0.2, 0.25) is 5.91 Å². The third-order valence-corrected chi connectivity index (χ3v) is 4.86.